The first-order valence-corrected chi connectivity index (χ1v) is 7.31. The van der Waals surface area contributed by atoms with Crippen molar-refractivity contribution in [3.05, 3.63) is 35.4 Å². The van der Waals surface area contributed by atoms with Gasteiger partial charge in [0.1, 0.15) is 0 Å². The Morgan fingerprint density at radius 2 is 1.94 bits per heavy atom. The Kier molecular flexibility index (Phi) is 6.58. The number of benzene rings is 1. The van der Waals surface area contributed by atoms with Gasteiger partial charge in [-0.25, -0.2) is 0 Å². The average molecular weight is 238 g/mol. The van der Waals surface area contributed by atoms with Gasteiger partial charge in [0.05, 0.1) is 0 Å². The summed E-state index contributed by atoms with van der Waals surface area (Å²) in [7, 11) is 0. The SMILES string of the molecule is CSCCCC(CO)Cc1ccc(C)cc1. The summed E-state index contributed by atoms with van der Waals surface area (Å²) in [6.45, 7) is 2.41. The molecule has 0 bridgehead atoms. The molecule has 1 atom stereocenters. The molecule has 90 valence electrons. The van der Waals surface area contributed by atoms with Gasteiger partial charge in [-0.05, 0) is 49.7 Å². The van der Waals surface area contributed by atoms with Crippen molar-refractivity contribution in [2.75, 3.05) is 18.6 Å². The molecule has 1 unspecified atom stereocenters. The summed E-state index contributed by atoms with van der Waals surface area (Å²) in [6, 6.07) is 8.64. The van der Waals surface area contributed by atoms with Crippen LogP contribution in [0.1, 0.15) is 24.0 Å². The van der Waals surface area contributed by atoms with Crippen molar-refractivity contribution in [2.45, 2.75) is 26.2 Å². The minimum Gasteiger partial charge on any atom is -0.396 e. The van der Waals surface area contributed by atoms with Gasteiger partial charge in [0.25, 0.3) is 0 Å². The van der Waals surface area contributed by atoms with Gasteiger partial charge in [0.15, 0.2) is 0 Å². The molecule has 0 aromatic heterocycles. The van der Waals surface area contributed by atoms with E-state index >= 15 is 0 Å². The molecule has 0 aliphatic carbocycles. The molecule has 0 fully saturated rings. The van der Waals surface area contributed by atoms with Crippen LogP contribution in [0.5, 0.6) is 0 Å². The van der Waals surface area contributed by atoms with Crippen molar-refractivity contribution < 1.29 is 5.11 Å². The minimum atomic E-state index is 0.308. The molecule has 0 spiro atoms. The predicted molar refractivity (Wildman–Crippen MR) is 73.1 cm³/mol. The van der Waals surface area contributed by atoms with Crippen molar-refractivity contribution in [3.8, 4) is 0 Å². The van der Waals surface area contributed by atoms with Gasteiger partial charge in [-0.1, -0.05) is 29.8 Å². The Morgan fingerprint density at radius 1 is 1.25 bits per heavy atom. The third kappa shape index (κ3) is 5.04. The largest absolute Gasteiger partial charge is 0.396 e. The molecule has 0 heterocycles. The Bertz CT molecular complexity index is 281. The Morgan fingerprint density at radius 3 is 2.50 bits per heavy atom. The maximum atomic E-state index is 9.33. The van der Waals surface area contributed by atoms with E-state index in [4.69, 9.17) is 0 Å². The topological polar surface area (TPSA) is 20.2 Å². The lowest BCUT2D eigenvalue weighted by Crippen LogP contribution is -2.10. The van der Waals surface area contributed by atoms with Crippen molar-refractivity contribution in [1.29, 1.82) is 0 Å². The zero-order chi connectivity index (χ0) is 11.8. The summed E-state index contributed by atoms with van der Waals surface area (Å²) < 4.78 is 0. The fraction of sp³-hybridized carbons (Fsp3) is 0.571. The van der Waals surface area contributed by atoms with Crippen molar-refractivity contribution in [1.82, 2.24) is 0 Å². The van der Waals surface area contributed by atoms with Gasteiger partial charge in [-0.2, -0.15) is 11.8 Å². The molecule has 1 aromatic carbocycles. The summed E-state index contributed by atoms with van der Waals surface area (Å²) in [6.07, 6.45) is 5.47. The van der Waals surface area contributed by atoms with E-state index in [0.717, 1.165) is 12.8 Å². The van der Waals surface area contributed by atoms with E-state index in [0.29, 0.717) is 12.5 Å². The number of hydrogen-bond acceptors (Lipinski definition) is 2. The second-order valence-corrected chi connectivity index (χ2v) is 5.36. The lowest BCUT2D eigenvalue weighted by molar-refractivity contribution is 0.217. The lowest BCUT2D eigenvalue weighted by Gasteiger charge is -2.13. The second kappa shape index (κ2) is 7.75. The molecule has 0 aliphatic rings. The van der Waals surface area contributed by atoms with Gasteiger partial charge >= 0.3 is 0 Å². The molecule has 16 heavy (non-hydrogen) atoms. The quantitative estimate of drug-likeness (QED) is 0.736. The van der Waals surface area contributed by atoms with E-state index in [9.17, 15) is 5.11 Å². The number of aliphatic hydroxyl groups excluding tert-OH is 1. The average Bonchev–Trinajstić information content (AvgIpc) is 2.31. The molecule has 1 N–H and O–H groups in total. The molecule has 0 saturated carbocycles. The standard InChI is InChI=1S/C14H22OS/c1-12-5-7-13(8-6-12)10-14(11-15)4-3-9-16-2/h5-8,14-15H,3-4,9-11H2,1-2H3. The van der Waals surface area contributed by atoms with Crippen LogP contribution in [-0.2, 0) is 6.42 Å². The van der Waals surface area contributed by atoms with Crippen LogP contribution < -0.4 is 0 Å². The molecule has 0 amide bonds. The van der Waals surface area contributed by atoms with Crippen molar-refractivity contribution >= 4 is 11.8 Å². The van der Waals surface area contributed by atoms with E-state index in [1.807, 2.05) is 11.8 Å². The maximum absolute atomic E-state index is 9.33. The molecule has 1 nitrogen and oxygen atoms in total. The molecular formula is C14H22OS. The number of hydrogen-bond donors (Lipinski definition) is 1. The van der Waals surface area contributed by atoms with Crippen LogP contribution in [0.2, 0.25) is 0 Å². The van der Waals surface area contributed by atoms with Crippen LogP contribution in [0.3, 0.4) is 0 Å². The van der Waals surface area contributed by atoms with Crippen LogP contribution in [0.15, 0.2) is 24.3 Å². The molecule has 0 saturated heterocycles. The number of aliphatic hydroxyl groups is 1. The summed E-state index contributed by atoms with van der Waals surface area (Å²) in [5.74, 6) is 1.62. The molecule has 0 radical (unpaired) electrons. The molecular weight excluding hydrogens is 216 g/mol. The fourth-order valence-corrected chi connectivity index (χ4v) is 2.29. The van der Waals surface area contributed by atoms with Crippen LogP contribution in [0.25, 0.3) is 0 Å². The smallest absolute Gasteiger partial charge is 0.0462 e. The Balaban J connectivity index is 2.40. The van der Waals surface area contributed by atoms with Crippen molar-refractivity contribution in [3.63, 3.8) is 0 Å². The fourth-order valence-electron chi connectivity index (χ4n) is 1.83. The zero-order valence-corrected chi connectivity index (χ0v) is 11.1. The van der Waals surface area contributed by atoms with Gasteiger partial charge in [-0.3, -0.25) is 0 Å². The van der Waals surface area contributed by atoms with Crippen molar-refractivity contribution in [2.24, 2.45) is 5.92 Å². The lowest BCUT2D eigenvalue weighted by atomic mass is 9.95. The van der Waals surface area contributed by atoms with Gasteiger partial charge in [0, 0.05) is 6.61 Å². The van der Waals surface area contributed by atoms with E-state index in [-0.39, 0.29) is 0 Å². The van der Waals surface area contributed by atoms with Gasteiger partial charge < -0.3 is 5.11 Å². The summed E-state index contributed by atoms with van der Waals surface area (Å²) in [5, 5.41) is 9.33. The minimum absolute atomic E-state index is 0.308. The van der Waals surface area contributed by atoms with Gasteiger partial charge in [-0.15, -0.1) is 0 Å². The summed E-state index contributed by atoms with van der Waals surface area (Å²) >= 11 is 1.88. The highest BCUT2D eigenvalue weighted by molar-refractivity contribution is 7.98. The molecule has 1 rings (SSSR count). The number of aryl methyl sites for hydroxylation is 1. The number of rotatable bonds is 7. The highest BCUT2D eigenvalue weighted by Crippen LogP contribution is 2.15. The van der Waals surface area contributed by atoms with Crippen LogP contribution in [0, 0.1) is 12.8 Å². The Hall–Kier alpha value is -0.470. The third-order valence-corrected chi connectivity index (χ3v) is 3.56. The monoisotopic (exact) mass is 238 g/mol. The zero-order valence-electron chi connectivity index (χ0n) is 10.3. The maximum Gasteiger partial charge on any atom is 0.0462 e. The molecule has 1 aromatic rings. The first-order chi connectivity index (χ1) is 7.76. The van der Waals surface area contributed by atoms with Gasteiger partial charge in [0.2, 0.25) is 0 Å². The molecule has 2 heteroatoms. The highest BCUT2D eigenvalue weighted by atomic mass is 32.2. The summed E-state index contributed by atoms with van der Waals surface area (Å²) in [4.78, 5) is 0. The van der Waals surface area contributed by atoms with Crippen LogP contribution in [0.4, 0.5) is 0 Å². The summed E-state index contributed by atoms with van der Waals surface area (Å²) in [5.41, 5.74) is 2.64. The van der Waals surface area contributed by atoms with Crippen LogP contribution >= 0.6 is 11.8 Å². The van der Waals surface area contributed by atoms with E-state index in [2.05, 4.69) is 37.4 Å². The first-order valence-electron chi connectivity index (χ1n) is 5.91. The molecule has 0 aliphatic heterocycles. The van der Waals surface area contributed by atoms with E-state index < -0.39 is 0 Å². The normalized spacial score (nSPS) is 12.7. The highest BCUT2D eigenvalue weighted by Gasteiger charge is 2.08. The van der Waals surface area contributed by atoms with Crippen LogP contribution in [-0.4, -0.2) is 23.7 Å². The first kappa shape index (κ1) is 13.6. The predicted octanol–water partition coefficient (Wildman–Crippen LogP) is 3.29. The second-order valence-electron chi connectivity index (χ2n) is 4.37. The third-order valence-electron chi connectivity index (χ3n) is 2.86. The Labute approximate surface area is 103 Å². The number of thioether (sulfide) groups is 1. The van der Waals surface area contributed by atoms with E-state index in [1.54, 1.807) is 0 Å². The van der Waals surface area contributed by atoms with E-state index in [1.165, 1.54) is 23.3 Å².